The van der Waals surface area contributed by atoms with Crippen LogP contribution in [-0.2, 0) is 4.79 Å². The van der Waals surface area contributed by atoms with Crippen molar-refractivity contribution < 1.29 is 4.79 Å². The van der Waals surface area contributed by atoms with Crippen molar-refractivity contribution in [2.75, 3.05) is 11.5 Å². The molecule has 98 valence electrons. The van der Waals surface area contributed by atoms with Crippen LogP contribution in [-0.4, -0.2) is 17.3 Å². The van der Waals surface area contributed by atoms with Gasteiger partial charge < -0.3 is 0 Å². The Morgan fingerprint density at radius 1 is 1.12 bits per heavy atom. The Balaban J connectivity index is 1.78. The molecule has 0 bridgehead atoms. The van der Waals surface area contributed by atoms with Crippen molar-refractivity contribution in [1.29, 1.82) is 0 Å². The minimum absolute atomic E-state index is 0.420. The van der Waals surface area contributed by atoms with Gasteiger partial charge in [0.15, 0.2) is 0 Å². The molecule has 0 aromatic rings. The molecule has 17 heavy (non-hydrogen) atoms. The summed E-state index contributed by atoms with van der Waals surface area (Å²) < 4.78 is 0. The highest BCUT2D eigenvalue weighted by molar-refractivity contribution is 7.99. The molecule has 1 heterocycles. The van der Waals surface area contributed by atoms with E-state index in [1.807, 2.05) is 0 Å². The van der Waals surface area contributed by atoms with Crippen LogP contribution in [0, 0.1) is 17.8 Å². The average Bonchev–Trinajstić information content (AvgIpc) is 2.40. The predicted molar refractivity (Wildman–Crippen MR) is 75.4 cm³/mol. The molecule has 0 aromatic heterocycles. The van der Waals surface area contributed by atoms with Gasteiger partial charge in [-0.2, -0.15) is 11.8 Å². The van der Waals surface area contributed by atoms with Crippen LogP contribution >= 0.6 is 11.8 Å². The van der Waals surface area contributed by atoms with E-state index in [0.717, 1.165) is 12.3 Å². The standard InChI is InChI=1S/C15H26OS/c1-2-12-4-3-5-14(10-12)15(16)11-13-6-8-17-9-7-13/h12-14H,2-11H2,1H3. The molecule has 2 fully saturated rings. The number of carbonyl (C=O) groups excluding carboxylic acids is 1. The SMILES string of the molecule is CCC1CCCC(C(=O)CC2CCSCC2)C1. The Morgan fingerprint density at radius 2 is 1.88 bits per heavy atom. The Kier molecular flexibility index (Phi) is 5.40. The molecule has 1 saturated carbocycles. The summed E-state index contributed by atoms with van der Waals surface area (Å²) in [6.45, 7) is 2.27. The molecule has 0 aromatic carbocycles. The normalized spacial score (nSPS) is 31.4. The van der Waals surface area contributed by atoms with Gasteiger partial charge in [0, 0.05) is 12.3 Å². The summed E-state index contributed by atoms with van der Waals surface area (Å²) >= 11 is 2.05. The minimum Gasteiger partial charge on any atom is -0.299 e. The van der Waals surface area contributed by atoms with E-state index >= 15 is 0 Å². The fraction of sp³-hybridized carbons (Fsp3) is 0.933. The summed E-state index contributed by atoms with van der Waals surface area (Å²) in [6, 6.07) is 0. The molecule has 2 rings (SSSR count). The van der Waals surface area contributed by atoms with Crippen LogP contribution in [0.3, 0.4) is 0 Å². The minimum atomic E-state index is 0.420. The van der Waals surface area contributed by atoms with Crippen molar-refractivity contribution in [3.05, 3.63) is 0 Å². The first kappa shape index (κ1) is 13.5. The zero-order valence-electron chi connectivity index (χ0n) is 11.1. The quantitative estimate of drug-likeness (QED) is 0.744. The van der Waals surface area contributed by atoms with Crippen LogP contribution in [0.25, 0.3) is 0 Å². The van der Waals surface area contributed by atoms with Gasteiger partial charge in [-0.15, -0.1) is 0 Å². The second-order valence-electron chi connectivity index (χ2n) is 5.86. The first-order valence-electron chi connectivity index (χ1n) is 7.40. The zero-order chi connectivity index (χ0) is 12.1. The van der Waals surface area contributed by atoms with E-state index in [-0.39, 0.29) is 0 Å². The van der Waals surface area contributed by atoms with Gasteiger partial charge in [-0.25, -0.2) is 0 Å². The predicted octanol–water partition coefficient (Wildman–Crippen LogP) is 4.31. The van der Waals surface area contributed by atoms with Gasteiger partial charge >= 0.3 is 0 Å². The highest BCUT2D eigenvalue weighted by Crippen LogP contribution is 2.34. The van der Waals surface area contributed by atoms with Gasteiger partial charge in [0.2, 0.25) is 0 Å². The Hall–Kier alpha value is 0.0200. The van der Waals surface area contributed by atoms with Crippen molar-refractivity contribution in [2.24, 2.45) is 17.8 Å². The molecule has 1 aliphatic heterocycles. The molecule has 1 nitrogen and oxygen atoms in total. The topological polar surface area (TPSA) is 17.1 Å². The lowest BCUT2D eigenvalue weighted by Crippen LogP contribution is -2.25. The molecule has 1 saturated heterocycles. The first-order chi connectivity index (χ1) is 8.29. The van der Waals surface area contributed by atoms with Crippen molar-refractivity contribution >= 4 is 17.5 Å². The molecule has 2 heteroatoms. The number of rotatable bonds is 4. The van der Waals surface area contributed by atoms with Gasteiger partial charge in [-0.1, -0.05) is 26.2 Å². The summed E-state index contributed by atoms with van der Waals surface area (Å²) in [5.74, 6) is 5.12. The highest BCUT2D eigenvalue weighted by atomic mass is 32.2. The maximum Gasteiger partial charge on any atom is 0.136 e. The molecule has 2 aliphatic rings. The fourth-order valence-electron chi connectivity index (χ4n) is 3.36. The lowest BCUT2D eigenvalue weighted by atomic mass is 9.76. The number of Topliss-reactive ketones (excluding diaryl/α,β-unsaturated/α-hetero) is 1. The third-order valence-electron chi connectivity index (χ3n) is 4.65. The number of carbonyl (C=O) groups is 1. The Labute approximate surface area is 110 Å². The van der Waals surface area contributed by atoms with E-state index < -0.39 is 0 Å². The average molecular weight is 254 g/mol. The van der Waals surface area contributed by atoms with Crippen LogP contribution in [0.1, 0.15) is 58.3 Å². The lowest BCUT2D eigenvalue weighted by Gasteiger charge is -2.29. The fourth-order valence-corrected chi connectivity index (χ4v) is 4.56. The molecule has 0 N–H and O–H groups in total. The van der Waals surface area contributed by atoms with Crippen LogP contribution in [0.2, 0.25) is 0 Å². The number of ketones is 1. The Bertz CT molecular complexity index is 245. The van der Waals surface area contributed by atoms with E-state index in [1.165, 1.54) is 56.5 Å². The molecule has 0 radical (unpaired) electrons. The van der Waals surface area contributed by atoms with E-state index in [0.29, 0.717) is 17.6 Å². The first-order valence-corrected chi connectivity index (χ1v) is 8.55. The molecule has 2 unspecified atom stereocenters. The van der Waals surface area contributed by atoms with Gasteiger partial charge in [0.1, 0.15) is 5.78 Å². The van der Waals surface area contributed by atoms with Crippen molar-refractivity contribution in [3.8, 4) is 0 Å². The van der Waals surface area contributed by atoms with Crippen LogP contribution in [0.4, 0.5) is 0 Å². The monoisotopic (exact) mass is 254 g/mol. The van der Waals surface area contributed by atoms with Gasteiger partial charge in [-0.3, -0.25) is 4.79 Å². The van der Waals surface area contributed by atoms with E-state index in [2.05, 4.69) is 18.7 Å². The maximum atomic E-state index is 12.3. The van der Waals surface area contributed by atoms with Gasteiger partial charge in [-0.05, 0) is 49.0 Å². The molecule has 0 amide bonds. The zero-order valence-corrected chi connectivity index (χ0v) is 11.9. The molecular formula is C15H26OS. The number of thioether (sulfide) groups is 1. The van der Waals surface area contributed by atoms with E-state index in [1.54, 1.807) is 0 Å². The van der Waals surface area contributed by atoms with Crippen molar-refractivity contribution in [1.82, 2.24) is 0 Å². The second-order valence-corrected chi connectivity index (χ2v) is 7.09. The van der Waals surface area contributed by atoms with Gasteiger partial charge in [0.05, 0.1) is 0 Å². The van der Waals surface area contributed by atoms with E-state index in [9.17, 15) is 4.79 Å². The summed E-state index contributed by atoms with van der Waals surface area (Å²) in [7, 11) is 0. The summed E-state index contributed by atoms with van der Waals surface area (Å²) in [4.78, 5) is 12.3. The Morgan fingerprint density at radius 3 is 2.59 bits per heavy atom. The molecular weight excluding hydrogens is 228 g/mol. The number of hydrogen-bond donors (Lipinski definition) is 0. The molecule has 0 spiro atoms. The number of hydrogen-bond acceptors (Lipinski definition) is 2. The largest absolute Gasteiger partial charge is 0.299 e. The summed E-state index contributed by atoms with van der Waals surface area (Å²) in [6.07, 6.45) is 9.73. The lowest BCUT2D eigenvalue weighted by molar-refractivity contribution is -0.125. The van der Waals surface area contributed by atoms with E-state index in [4.69, 9.17) is 0 Å². The molecule has 2 atom stereocenters. The second kappa shape index (κ2) is 6.82. The van der Waals surface area contributed by atoms with Crippen LogP contribution in [0.5, 0.6) is 0 Å². The molecule has 1 aliphatic carbocycles. The maximum absolute atomic E-state index is 12.3. The van der Waals surface area contributed by atoms with Crippen LogP contribution < -0.4 is 0 Å². The van der Waals surface area contributed by atoms with Gasteiger partial charge in [0.25, 0.3) is 0 Å². The third kappa shape index (κ3) is 4.01. The van der Waals surface area contributed by atoms with Crippen LogP contribution in [0.15, 0.2) is 0 Å². The highest BCUT2D eigenvalue weighted by Gasteiger charge is 2.28. The van der Waals surface area contributed by atoms with Crippen molar-refractivity contribution in [3.63, 3.8) is 0 Å². The summed E-state index contributed by atoms with van der Waals surface area (Å²) in [5, 5.41) is 0. The van der Waals surface area contributed by atoms with Crippen molar-refractivity contribution in [2.45, 2.75) is 58.3 Å². The smallest absolute Gasteiger partial charge is 0.136 e. The third-order valence-corrected chi connectivity index (χ3v) is 5.69. The summed E-state index contributed by atoms with van der Waals surface area (Å²) in [5.41, 5.74) is 0.